The molecule has 1 saturated heterocycles. The first-order chi connectivity index (χ1) is 9.20. The maximum absolute atomic E-state index is 12.1. The monoisotopic (exact) mass is 262 g/mol. The molecule has 5 nitrogen and oxygen atoms in total. The molecule has 3 atom stereocenters. The summed E-state index contributed by atoms with van der Waals surface area (Å²) in [6.45, 7) is 1.74. The zero-order chi connectivity index (χ0) is 13.4. The fourth-order valence-corrected chi connectivity index (χ4v) is 3.21. The zero-order valence-corrected chi connectivity index (χ0v) is 10.8. The molecule has 0 amide bonds. The summed E-state index contributed by atoms with van der Waals surface area (Å²) in [5, 5.41) is 16.4. The number of hydrogen-bond donors (Lipinski definition) is 3. The van der Waals surface area contributed by atoms with Crippen LogP contribution in [0.2, 0.25) is 0 Å². The summed E-state index contributed by atoms with van der Waals surface area (Å²) in [6, 6.07) is 5.36. The van der Waals surface area contributed by atoms with Crippen LogP contribution in [0.1, 0.15) is 17.9 Å². The molecule has 3 unspecified atom stereocenters. The van der Waals surface area contributed by atoms with Gasteiger partial charge in [0.15, 0.2) is 0 Å². The lowest BCUT2D eigenvalue weighted by Gasteiger charge is -2.42. The van der Waals surface area contributed by atoms with Crippen molar-refractivity contribution in [3.8, 4) is 5.75 Å². The van der Waals surface area contributed by atoms with E-state index in [-0.39, 0.29) is 29.6 Å². The van der Waals surface area contributed by atoms with Gasteiger partial charge in [-0.2, -0.15) is 0 Å². The van der Waals surface area contributed by atoms with Crippen molar-refractivity contribution < 1.29 is 14.6 Å². The van der Waals surface area contributed by atoms with Crippen molar-refractivity contribution in [1.29, 1.82) is 0 Å². The van der Waals surface area contributed by atoms with Crippen molar-refractivity contribution in [3.05, 3.63) is 23.8 Å². The van der Waals surface area contributed by atoms with Gasteiger partial charge in [0.2, 0.25) is 0 Å². The third-order valence-electron chi connectivity index (χ3n) is 4.13. The summed E-state index contributed by atoms with van der Waals surface area (Å²) in [7, 11) is 1.43. The number of benzene rings is 1. The third kappa shape index (κ3) is 2.04. The van der Waals surface area contributed by atoms with Crippen molar-refractivity contribution in [2.75, 3.05) is 25.5 Å². The number of phenolic OH excluding ortho intramolecular Hbond substituents is 1. The lowest BCUT2D eigenvalue weighted by molar-refractivity contribution is -0.144. The number of carbonyl (C=O) groups is 1. The Balaban J connectivity index is 2.05. The van der Waals surface area contributed by atoms with E-state index >= 15 is 0 Å². The fourth-order valence-electron chi connectivity index (χ4n) is 3.21. The van der Waals surface area contributed by atoms with Gasteiger partial charge in [-0.1, -0.05) is 6.07 Å². The molecule has 102 valence electrons. The Bertz CT molecular complexity index is 503. The summed E-state index contributed by atoms with van der Waals surface area (Å²) in [6.07, 6.45) is 0.966. The lowest BCUT2D eigenvalue weighted by Crippen LogP contribution is -2.50. The predicted octanol–water partition coefficient (Wildman–Crippen LogP) is 1.05. The van der Waals surface area contributed by atoms with E-state index in [1.54, 1.807) is 12.1 Å². The maximum atomic E-state index is 12.1. The Morgan fingerprint density at radius 3 is 3.11 bits per heavy atom. The quantitative estimate of drug-likeness (QED) is 0.660. The van der Waals surface area contributed by atoms with Gasteiger partial charge < -0.3 is 20.5 Å². The van der Waals surface area contributed by atoms with Gasteiger partial charge in [0, 0.05) is 30.3 Å². The van der Waals surface area contributed by atoms with Crippen molar-refractivity contribution in [1.82, 2.24) is 5.32 Å². The number of piperidine rings is 1. The summed E-state index contributed by atoms with van der Waals surface area (Å²) in [5.41, 5.74) is 1.76. The molecule has 2 aliphatic rings. The summed E-state index contributed by atoms with van der Waals surface area (Å²) >= 11 is 0. The third-order valence-corrected chi connectivity index (χ3v) is 4.13. The molecule has 0 aliphatic carbocycles. The number of anilines is 1. The van der Waals surface area contributed by atoms with E-state index in [4.69, 9.17) is 4.74 Å². The van der Waals surface area contributed by atoms with Crippen LogP contribution in [0.5, 0.6) is 5.75 Å². The Morgan fingerprint density at radius 2 is 2.32 bits per heavy atom. The molecule has 19 heavy (non-hydrogen) atoms. The first-order valence-electron chi connectivity index (χ1n) is 6.58. The number of ether oxygens (including phenoxy) is 1. The van der Waals surface area contributed by atoms with Crippen LogP contribution in [0.3, 0.4) is 0 Å². The lowest BCUT2D eigenvalue weighted by atomic mass is 9.75. The Labute approximate surface area is 112 Å². The van der Waals surface area contributed by atoms with Crippen LogP contribution >= 0.6 is 0 Å². The van der Waals surface area contributed by atoms with Gasteiger partial charge in [-0.25, -0.2) is 0 Å². The number of phenols is 1. The van der Waals surface area contributed by atoms with Gasteiger partial charge in [0.1, 0.15) is 5.75 Å². The highest BCUT2D eigenvalue weighted by Crippen LogP contribution is 2.42. The Morgan fingerprint density at radius 1 is 1.47 bits per heavy atom. The number of hydrogen-bond acceptors (Lipinski definition) is 5. The minimum Gasteiger partial charge on any atom is -0.508 e. The second-order valence-corrected chi connectivity index (χ2v) is 5.18. The molecule has 5 heteroatoms. The molecule has 1 fully saturated rings. The highest BCUT2D eigenvalue weighted by Gasteiger charge is 2.42. The minimum atomic E-state index is -0.264. The van der Waals surface area contributed by atoms with Crippen LogP contribution in [-0.2, 0) is 9.53 Å². The topological polar surface area (TPSA) is 70.6 Å². The smallest absolute Gasteiger partial charge is 0.313 e. The van der Waals surface area contributed by atoms with Gasteiger partial charge in [-0.15, -0.1) is 0 Å². The summed E-state index contributed by atoms with van der Waals surface area (Å²) in [5.74, 6) is -0.0627. The molecule has 0 spiro atoms. The molecule has 0 radical (unpaired) electrons. The molecular formula is C14H18N2O3. The molecule has 1 aromatic rings. The van der Waals surface area contributed by atoms with Gasteiger partial charge >= 0.3 is 5.97 Å². The van der Waals surface area contributed by atoms with Crippen molar-refractivity contribution in [3.63, 3.8) is 0 Å². The average Bonchev–Trinajstić information content (AvgIpc) is 2.43. The number of carbonyl (C=O) groups excluding carboxylic acids is 1. The molecule has 1 aromatic carbocycles. The van der Waals surface area contributed by atoms with E-state index in [1.165, 1.54) is 7.11 Å². The van der Waals surface area contributed by atoms with Crippen molar-refractivity contribution in [2.24, 2.45) is 5.92 Å². The van der Waals surface area contributed by atoms with Gasteiger partial charge in [-0.3, -0.25) is 4.79 Å². The molecule has 0 saturated carbocycles. The first-order valence-corrected chi connectivity index (χ1v) is 6.58. The average molecular weight is 262 g/mol. The van der Waals surface area contributed by atoms with Crippen LogP contribution in [0, 0.1) is 5.92 Å². The summed E-state index contributed by atoms with van der Waals surface area (Å²) in [4.78, 5) is 12.1. The first kappa shape index (κ1) is 12.3. The van der Waals surface area contributed by atoms with Gasteiger partial charge in [0.05, 0.1) is 13.0 Å². The van der Waals surface area contributed by atoms with E-state index in [0.29, 0.717) is 0 Å². The normalized spacial score (nSPS) is 28.8. The number of nitrogens with one attached hydrogen (secondary N) is 2. The molecular weight excluding hydrogens is 244 g/mol. The second kappa shape index (κ2) is 4.74. The number of rotatable bonds is 1. The van der Waals surface area contributed by atoms with E-state index in [1.807, 2.05) is 6.07 Å². The van der Waals surface area contributed by atoms with E-state index < -0.39 is 0 Å². The predicted molar refractivity (Wildman–Crippen MR) is 71.3 cm³/mol. The van der Waals surface area contributed by atoms with Crippen LogP contribution < -0.4 is 10.6 Å². The van der Waals surface area contributed by atoms with Crippen LogP contribution in [0.15, 0.2) is 18.2 Å². The molecule has 2 aliphatic heterocycles. The van der Waals surface area contributed by atoms with Gasteiger partial charge in [-0.05, 0) is 24.6 Å². The Hall–Kier alpha value is -1.75. The van der Waals surface area contributed by atoms with Crippen LogP contribution in [-0.4, -0.2) is 37.3 Å². The number of fused-ring (bicyclic) bond motifs is 2. The zero-order valence-electron chi connectivity index (χ0n) is 10.8. The van der Waals surface area contributed by atoms with E-state index in [2.05, 4.69) is 10.6 Å². The maximum Gasteiger partial charge on any atom is 0.313 e. The molecule has 2 heterocycles. The van der Waals surface area contributed by atoms with Gasteiger partial charge in [0.25, 0.3) is 0 Å². The van der Waals surface area contributed by atoms with E-state index in [0.717, 1.165) is 30.8 Å². The largest absolute Gasteiger partial charge is 0.508 e. The Kier molecular flexibility index (Phi) is 3.06. The number of methoxy groups -OCH3 is 1. The molecule has 0 aromatic heterocycles. The standard InChI is InChI=1S/C14H18N2O3/c1-19-14(18)13-9-3-2-8(17)6-12(9)16-11-4-5-15-7-10(11)13/h2-3,6,10-11,13,15-17H,4-5,7H2,1H3. The van der Waals surface area contributed by atoms with Crippen molar-refractivity contribution >= 4 is 11.7 Å². The molecule has 0 bridgehead atoms. The molecule has 3 rings (SSSR count). The van der Waals surface area contributed by atoms with Crippen molar-refractivity contribution in [2.45, 2.75) is 18.4 Å². The van der Waals surface area contributed by atoms with Crippen LogP contribution in [0.25, 0.3) is 0 Å². The number of aromatic hydroxyl groups is 1. The fraction of sp³-hybridized carbons (Fsp3) is 0.500. The highest BCUT2D eigenvalue weighted by molar-refractivity contribution is 5.83. The SMILES string of the molecule is COC(=O)C1c2ccc(O)cc2NC2CCNCC21. The minimum absolute atomic E-state index is 0.193. The number of esters is 1. The van der Waals surface area contributed by atoms with Crippen LogP contribution in [0.4, 0.5) is 5.69 Å². The van der Waals surface area contributed by atoms with E-state index in [9.17, 15) is 9.90 Å². The molecule has 3 N–H and O–H groups in total. The summed E-state index contributed by atoms with van der Waals surface area (Å²) < 4.78 is 4.97. The highest BCUT2D eigenvalue weighted by atomic mass is 16.5. The second-order valence-electron chi connectivity index (χ2n) is 5.18.